The first-order chi connectivity index (χ1) is 3.93. The molecule has 2 unspecified atom stereocenters. The fourth-order valence-electron chi connectivity index (χ4n) is 2.74. The van der Waals surface area contributed by atoms with Gasteiger partial charge in [0.25, 0.3) is 0 Å². The van der Waals surface area contributed by atoms with Crippen LogP contribution >= 0.6 is 0 Å². The van der Waals surface area contributed by atoms with Crippen LogP contribution in [0.1, 0.15) is 25.7 Å². The summed E-state index contributed by atoms with van der Waals surface area (Å²) in [7, 11) is 0. The standard InChI is InChI=1S/C8H10/c1-2-6-7-3-5-8(6,7)4-1/h2,7H,1,3-5H2. The van der Waals surface area contributed by atoms with E-state index >= 15 is 0 Å². The number of hydrogen-bond donors (Lipinski definition) is 0. The van der Waals surface area contributed by atoms with Gasteiger partial charge in [0.2, 0.25) is 0 Å². The van der Waals surface area contributed by atoms with Crippen molar-refractivity contribution in [1.29, 1.82) is 0 Å². The van der Waals surface area contributed by atoms with Gasteiger partial charge >= 0.3 is 0 Å². The zero-order valence-electron chi connectivity index (χ0n) is 4.98. The SMILES string of the molecule is C1=C2C3CCC23CC1. The van der Waals surface area contributed by atoms with Gasteiger partial charge in [0, 0.05) is 0 Å². The van der Waals surface area contributed by atoms with Gasteiger partial charge in [0.1, 0.15) is 0 Å². The zero-order valence-corrected chi connectivity index (χ0v) is 4.98. The second-order valence-corrected chi connectivity index (χ2v) is 3.45. The molecule has 0 amide bonds. The molecule has 3 rings (SSSR count). The van der Waals surface area contributed by atoms with E-state index in [1.807, 2.05) is 5.57 Å². The Bertz CT molecular complexity index is 178. The maximum Gasteiger partial charge on any atom is -0.00162 e. The smallest absolute Gasteiger partial charge is 0.00162 e. The minimum absolute atomic E-state index is 0.861. The van der Waals surface area contributed by atoms with Gasteiger partial charge in [0.05, 0.1) is 0 Å². The number of allylic oxidation sites excluding steroid dienone is 2. The Morgan fingerprint density at radius 3 is 2.88 bits per heavy atom. The highest BCUT2D eigenvalue weighted by Crippen LogP contribution is 2.76. The fraction of sp³-hybridized carbons (Fsp3) is 0.750. The summed E-state index contributed by atoms with van der Waals surface area (Å²) in [4.78, 5) is 0. The molecular formula is C8H10. The number of hydrogen-bond acceptors (Lipinski definition) is 0. The highest BCUT2D eigenvalue weighted by atomic mass is 14.7. The second-order valence-electron chi connectivity index (χ2n) is 3.45. The molecule has 2 atom stereocenters. The van der Waals surface area contributed by atoms with Crippen molar-refractivity contribution in [3.63, 3.8) is 0 Å². The number of fused-ring (bicyclic) bond motifs is 1. The first-order valence-corrected chi connectivity index (χ1v) is 3.64. The van der Waals surface area contributed by atoms with Crippen LogP contribution in [0.2, 0.25) is 0 Å². The van der Waals surface area contributed by atoms with E-state index in [1.54, 1.807) is 0 Å². The molecule has 0 heterocycles. The molecule has 3 aliphatic carbocycles. The molecule has 0 aromatic heterocycles. The molecule has 3 aliphatic rings. The summed E-state index contributed by atoms with van der Waals surface area (Å²) in [5.74, 6) is 1.11. The van der Waals surface area contributed by atoms with E-state index in [2.05, 4.69) is 6.08 Å². The maximum atomic E-state index is 2.48. The van der Waals surface area contributed by atoms with Crippen molar-refractivity contribution in [3.05, 3.63) is 11.6 Å². The average Bonchev–Trinajstić information content (AvgIpc) is 2.20. The highest BCUT2D eigenvalue weighted by molar-refractivity contribution is 5.46. The molecule has 0 bridgehead atoms. The van der Waals surface area contributed by atoms with E-state index < -0.39 is 0 Å². The Labute approximate surface area is 49.6 Å². The molecule has 0 heteroatoms. The Morgan fingerprint density at radius 1 is 1.50 bits per heavy atom. The van der Waals surface area contributed by atoms with Crippen LogP contribution in [0.15, 0.2) is 11.6 Å². The van der Waals surface area contributed by atoms with Crippen molar-refractivity contribution in [2.24, 2.45) is 11.3 Å². The van der Waals surface area contributed by atoms with Crippen LogP contribution in [-0.4, -0.2) is 0 Å². The van der Waals surface area contributed by atoms with Crippen LogP contribution in [0.5, 0.6) is 0 Å². The lowest BCUT2D eigenvalue weighted by atomic mass is 9.82. The summed E-state index contributed by atoms with van der Waals surface area (Å²) in [5.41, 5.74) is 2.71. The molecule has 0 radical (unpaired) electrons. The van der Waals surface area contributed by atoms with E-state index in [0.717, 1.165) is 11.3 Å². The summed E-state index contributed by atoms with van der Waals surface area (Å²) in [6.07, 6.45) is 8.44. The highest BCUT2D eigenvalue weighted by Gasteiger charge is 2.66. The molecule has 0 aromatic rings. The lowest BCUT2D eigenvalue weighted by Gasteiger charge is -2.21. The fourth-order valence-corrected chi connectivity index (χ4v) is 2.74. The molecule has 42 valence electrons. The van der Waals surface area contributed by atoms with Crippen molar-refractivity contribution in [2.75, 3.05) is 0 Å². The minimum atomic E-state index is 0.861. The Kier molecular flexibility index (Phi) is 0.367. The van der Waals surface area contributed by atoms with Gasteiger partial charge in [-0.1, -0.05) is 11.6 Å². The van der Waals surface area contributed by atoms with Crippen molar-refractivity contribution >= 4 is 0 Å². The van der Waals surface area contributed by atoms with Crippen LogP contribution in [0, 0.1) is 11.3 Å². The first kappa shape index (κ1) is 3.71. The van der Waals surface area contributed by atoms with Crippen molar-refractivity contribution in [1.82, 2.24) is 0 Å². The van der Waals surface area contributed by atoms with Crippen LogP contribution < -0.4 is 0 Å². The van der Waals surface area contributed by atoms with Gasteiger partial charge in [-0.2, -0.15) is 0 Å². The third-order valence-corrected chi connectivity index (χ3v) is 3.37. The van der Waals surface area contributed by atoms with E-state index in [1.165, 1.54) is 25.7 Å². The van der Waals surface area contributed by atoms with Crippen LogP contribution in [0.4, 0.5) is 0 Å². The third-order valence-electron chi connectivity index (χ3n) is 3.37. The Hall–Kier alpha value is -0.260. The molecule has 0 saturated heterocycles. The summed E-state index contributed by atoms with van der Waals surface area (Å²) < 4.78 is 0. The number of rotatable bonds is 0. The first-order valence-electron chi connectivity index (χ1n) is 3.64. The molecule has 8 heavy (non-hydrogen) atoms. The lowest BCUT2D eigenvalue weighted by Crippen LogP contribution is -2.12. The van der Waals surface area contributed by atoms with Crippen LogP contribution in [-0.2, 0) is 0 Å². The zero-order chi connectivity index (χ0) is 5.19. The molecule has 0 aliphatic heterocycles. The predicted molar refractivity (Wildman–Crippen MR) is 32.5 cm³/mol. The summed E-state index contributed by atoms with van der Waals surface area (Å²) in [6, 6.07) is 0. The monoisotopic (exact) mass is 106 g/mol. The Morgan fingerprint density at radius 2 is 2.50 bits per heavy atom. The van der Waals surface area contributed by atoms with Gasteiger partial charge in [-0.25, -0.2) is 0 Å². The van der Waals surface area contributed by atoms with E-state index in [4.69, 9.17) is 0 Å². The topological polar surface area (TPSA) is 0 Å². The van der Waals surface area contributed by atoms with Gasteiger partial charge in [-0.15, -0.1) is 0 Å². The van der Waals surface area contributed by atoms with Gasteiger partial charge in [-0.05, 0) is 37.0 Å². The minimum Gasteiger partial charge on any atom is -0.0844 e. The average molecular weight is 106 g/mol. The molecule has 0 nitrogen and oxygen atoms in total. The molecule has 2 saturated carbocycles. The van der Waals surface area contributed by atoms with Gasteiger partial charge in [0.15, 0.2) is 0 Å². The van der Waals surface area contributed by atoms with Gasteiger partial charge < -0.3 is 0 Å². The van der Waals surface area contributed by atoms with Crippen molar-refractivity contribution < 1.29 is 0 Å². The maximum absolute atomic E-state index is 2.48. The summed E-state index contributed by atoms with van der Waals surface area (Å²) >= 11 is 0. The van der Waals surface area contributed by atoms with Crippen molar-refractivity contribution in [3.8, 4) is 0 Å². The predicted octanol–water partition coefficient (Wildman–Crippen LogP) is 2.12. The quantitative estimate of drug-likeness (QED) is 0.415. The summed E-state index contributed by atoms with van der Waals surface area (Å²) in [5, 5.41) is 0. The molecule has 0 aromatic carbocycles. The molecule has 0 N–H and O–H groups in total. The van der Waals surface area contributed by atoms with Crippen LogP contribution in [0.25, 0.3) is 0 Å². The normalized spacial score (nSPS) is 56.0. The molecular weight excluding hydrogens is 96.1 g/mol. The second kappa shape index (κ2) is 0.792. The van der Waals surface area contributed by atoms with E-state index in [0.29, 0.717) is 0 Å². The molecule has 1 spiro atoms. The van der Waals surface area contributed by atoms with E-state index in [9.17, 15) is 0 Å². The molecule has 2 fully saturated rings. The van der Waals surface area contributed by atoms with Gasteiger partial charge in [-0.3, -0.25) is 0 Å². The third kappa shape index (κ3) is 0.180. The summed E-state index contributed by atoms with van der Waals surface area (Å²) in [6.45, 7) is 0. The lowest BCUT2D eigenvalue weighted by molar-refractivity contribution is 0.282. The Balaban J connectivity index is 2.16. The van der Waals surface area contributed by atoms with Crippen LogP contribution in [0.3, 0.4) is 0 Å². The largest absolute Gasteiger partial charge is 0.0844 e. The van der Waals surface area contributed by atoms with E-state index in [-0.39, 0.29) is 0 Å². The van der Waals surface area contributed by atoms with Crippen molar-refractivity contribution in [2.45, 2.75) is 25.7 Å².